The van der Waals surface area contributed by atoms with Crippen LogP contribution in [-0.2, 0) is 18.7 Å². The van der Waals surface area contributed by atoms with E-state index >= 15 is 0 Å². The van der Waals surface area contributed by atoms with Crippen LogP contribution >= 0.6 is 0 Å². The van der Waals surface area contributed by atoms with Gasteiger partial charge in [-0.25, -0.2) is 0 Å². The second-order valence-corrected chi connectivity index (χ2v) is 5.18. The molecule has 0 aliphatic rings. The Labute approximate surface area is 119 Å². The summed E-state index contributed by atoms with van der Waals surface area (Å²) >= 11 is 0. The van der Waals surface area contributed by atoms with E-state index < -0.39 is 5.54 Å². The minimum absolute atomic E-state index is 0.0335. The van der Waals surface area contributed by atoms with Gasteiger partial charge < -0.3 is 15.5 Å². The van der Waals surface area contributed by atoms with Gasteiger partial charge in [-0.3, -0.25) is 0 Å². The van der Waals surface area contributed by atoms with Crippen molar-refractivity contribution in [2.24, 2.45) is 0 Å². The molecule has 0 aliphatic heterocycles. The van der Waals surface area contributed by atoms with E-state index in [0.29, 0.717) is 6.54 Å². The van der Waals surface area contributed by atoms with Crippen molar-refractivity contribution < 1.29 is 10.2 Å². The lowest BCUT2D eigenvalue weighted by molar-refractivity contribution is 0.173. The summed E-state index contributed by atoms with van der Waals surface area (Å²) in [6, 6.07) is 17.7. The van der Waals surface area contributed by atoms with Gasteiger partial charge in [-0.05, 0) is 23.6 Å². The summed E-state index contributed by atoms with van der Waals surface area (Å²) in [7, 11) is 0. The molecule has 0 saturated carbocycles. The SMILES string of the molecule is CC(CO)(NCc1ccc(CO)cc1)c1ccccc1. The van der Waals surface area contributed by atoms with Crippen LogP contribution in [0.15, 0.2) is 54.6 Å². The molecular weight excluding hydrogens is 250 g/mol. The van der Waals surface area contributed by atoms with E-state index in [9.17, 15) is 5.11 Å². The predicted molar refractivity (Wildman–Crippen MR) is 80.1 cm³/mol. The van der Waals surface area contributed by atoms with E-state index in [4.69, 9.17) is 5.11 Å². The zero-order valence-electron chi connectivity index (χ0n) is 11.7. The van der Waals surface area contributed by atoms with Crippen molar-refractivity contribution in [1.29, 1.82) is 0 Å². The Morgan fingerprint density at radius 2 is 1.50 bits per heavy atom. The van der Waals surface area contributed by atoms with Gasteiger partial charge in [0.25, 0.3) is 0 Å². The number of hydrogen-bond acceptors (Lipinski definition) is 3. The maximum atomic E-state index is 9.70. The molecule has 3 heteroatoms. The molecule has 0 amide bonds. The lowest BCUT2D eigenvalue weighted by Gasteiger charge is -2.29. The molecular formula is C17H21NO2. The average Bonchev–Trinajstić information content (AvgIpc) is 2.54. The molecule has 2 aromatic rings. The molecule has 0 heterocycles. The first-order valence-electron chi connectivity index (χ1n) is 6.78. The molecule has 0 aromatic heterocycles. The van der Waals surface area contributed by atoms with Crippen LogP contribution in [0.2, 0.25) is 0 Å². The highest BCUT2D eigenvalue weighted by Crippen LogP contribution is 2.20. The summed E-state index contributed by atoms with van der Waals surface area (Å²) in [6.07, 6.45) is 0. The molecule has 0 spiro atoms. The van der Waals surface area contributed by atoms with Crippen LogP contribution in [0.4, 0.5) is 0 Å². The molecule has 1 unspecified atom stereocenters. The third kappa shape index (κ3) is 3.45. The van der Waals surface area contributed by atoms with Crippen LogP contribution in [0.5, 0.6) is 0 Å². The molecule has 106 valence electrons. The zero-order chi connectivity index (χ0) is 14.4. The van der Waals surface area contributed by atoms with Crippen molar-refractivity contribution in [3.8, 4) is 0 Å². The highest BCUT2D eigenvalue weighted by molar-refractivity contribution is 5.25. The number of hydrogen-bond donors (Lipinski definition) is 3. The first-order valence-corrected chi connectivity index (χ1v) is 6.78. The summed E-state index contributed by atoms with van der Waals surface area (Å²) in [5, 5.41) is 22.1. The summed E-state index contributed by atoms with van der Waals surface area (Å²) < 4.78 is 0. The van der Waals surface area contributed by atoms with Gasteiger partial charge in [0.15, 0.2) is 0 Å². The lowest BCUT2D eigenvalue weighted by Crippen LogP contribution is -2.42. The van der Waals surface area contributed by atoms with Crippen molar-refractivity contribution in [1.82, 2.24) is 5.32 Å². The third-order valence-electron chi connectivity index (χ3n) is 3.62. The molecule has 0 bridgehead atoms. The van der Waals surface area contributed by atoms with E-state index in [0.717, 1.165) is 16.7 Å². The molecule has 2 aromatic carbocycles. The number of nitrogens with one attached hydrogen (secondary N) is 1. The number of rotatable bonds is 6. The molecule has 20 heavy (non-hydrogen) atoms. The fourth-order valence-electron chi connectivity index (χ4n) is 2.11. The lowest BCUT2D eigenvalue weighted by atomic mass is 9.92. The Morgan fingerprint density at radius 3 is 2.05 bits per heavy atom. The molecule has 0 fully saturated rings. The van der Waals surface area contributed by atoms with Gasteiger partial charge in [0.1, 0.15) is 0 Å². The van der Waals surface area contributed by atoms with Crippen molar-refractivity contribution in [3.63, 3.8) is 0 Å². The smallest absolute Gasteiger partial charge is 0.0681 e. The normalized spacial score (nSPS) is 13.9. The first kappa shape index (κ1) is 14.7. The third-order valence-corrected chi connectivity index (χ3v) is 3.62. The van der Waals surface area contributed by atoms with Crippen molar-refractivity contribution in [3.05, 3.63) is 71.3 Å². The highest BCUT2D eigenvalue weighted by atomic mass is 16.3. The van der Waals surface area contributed by atoms with Gasteiger partial charge in [0.05, 0.1) is 18.8 Å². The fourth-order valence-corrected chi connectivity index (χ4v) is 2.11. The minimum Gasteiger partial charge on any atom is -0.394 e. The predicted octanol–water partition coefficient (Wildman–Crippen LogP) is 2.18. The Balaban J connectivity index is 2.06. The molecule has 2 rings (SSSR count). The summed E-state index contributed by atoms with van der Waals surface area (Å²) in [5.41, 5.74) is 2.63. The monoisotopic (exact) mass is 271 g/mol. The second kappa shape index (κ2) is 6.66. The molecule has 0 aliphatic carbocycles. The van der Waals surface area contributed by atoms with Crippen LogP contribution in [0, 0.1) is 0 Å². The average molecular weight is 271 g/mol. The molecule has 3 nitrogen and oxygen atoms in total. The van der Waals surface area contributed by atoms with Gasteiger partial charge in [-0.2, -0.15) is 0 Å². The molecule has 0 radical (unpaired) electrons. The van der Waals surface area contributed by atoms with Gasteiger partial charge in [-0.1, -0.05) is 54.6 Å². The van der Waals surface area contributed by atoms with Crippen LogP contribution in [-0.4, -0.2) is 16.8 Å². The first-order chi connectivity index (χ1) is 9.68. The molecule has 3 N–H and O–H groups in total. The zero-order valence-corrected chi connectivity index (χ0v) is 11.7. The number of aliphatic hydroxyl groups excluding tert-OH is 2. The number of benzene rings is 2. The van der Waals surface area contributed by atoms with Crippen LogP contribution in [0.1, 0.15) is 23.6 Å². The maximum absolute atomic E-state index is 9.70. The van der Waals surface area contributed by atoms with E-state index in [1.54, 1.807) is 0 Å². The standard InChI is InChI=1S/C17H21NO2/c1-17(13-20,16-5-3-2-4-6-16)18-11-14-7-9-15(12-19)10-8-14/h2-10,18-20H,11-13H2,1H3. The Kier molecular flexibility index (Phi) is 4.90. The van der Waals surface area contributed by atoms with E-state index in [1.807, 2.05) is 61.5 Å². The molecule has 1 atom stereocenters. The number of aliphatic hydroxyl groups is 2. The van der Waals surface area contributed by atoms with Gasteiger partial charge in [0.2, 0.25) is 0 Å². The van der Waals surface area contributed by atoms with Crippen molar-refractivity contribution in [2.75, 3.05) is 6.61 Å². The Morgan fingerprint density at radius 1 is 0.900 bits per heavy atom. The highest BCUT2D eigenvalue weighted by Gasteiger charge is 2.24. The van der Waals surface area contributed by atoms with E-state index in [-0.39, 0.29) is 13.2 Å². The van der Waals surface area contributed by atoms with Crippen molar-refractivity contribution >= 4 is 0 Å². The minimum atomic E-state index is -0.461. The summed E-state index contributed by atoms with van der Waals surface area (Å²) in [5.74, 6) is 0. The van der Waals surface area contributed by atoms with Gasteiger partial charge >= 0.3 is 0 Å². The summed E-state index contributed by atoms with van der Waals surface area (Å²) in [6.45, 7) is 2.75. The molecule has 0 saturated heterocycles. The van der Waals surface area contributed by atoms with Gasteiger partial charge in [-0.15, -0.1) is 0 Å². The Bertz CT molecular complexity index is 524. The quantitative estimate of drug-likeness (QED) is 0.755. The largest absolute Gasteiger partial charge is 0.394 e. The summed E-state index contributed by atoms with van der Waals surface area (Å²) in [4.78, 5) is 0. The van der Waals surface area contributed by atoms with Crippen LogP contribution < -0.4 is 5.32 Å². The fraction of sp³-hybridized carbons (Fsp3) is 0.294. The van der Waals surface area contributed by atoms with E-state index in [2.05, 4.69) is 5.32 Å². The Hall–Kier alpha value is -1.68. The topological polar surface area (TPSA) is 52.5 Å². The maximum Gasteiger partial charge on any atom is 0.0681 e. The van der Waals surface area contributed by atoms with Crippen molar-refractivity contribution in [2.45, 2.75) is 25.6 Å². The van der Waals surface area contributed by atoms with Gasteiger partial charge in [0, 0.05) is 6.54 Å². The van der Waals surface area contributed by atoms with E-state index in [1.165, 1.54) is 0 Å². The van der Waals surface area contributed by atoms with Crippen LogP contribution in [0.3, 0.4) is 0 Å². The van der Waals surface area contributed by atoms with Crippen LogP contribution in [0.25, 0.3) is 0 Å². The second-order valence-electron chi connectivity index (χ2n) is 5.18.